The predicted octanol–water partition coefficient (Wildman–Crippen LogP) is 1.28. The number of nitrogens with zero attached hydrogens (tertiary/aromatic N) is 1. The highest BCUT2D eigenvalue weighted by atomic mass is 19.1. The number of carbonyl (C=O) groups is 2. The number of hydrogen-bond acceptors (Lipinski definition) is 4. The van der Waals surface area contributed by atoms with Gasteiger partial charge in [0.15, 0.2) is 0 Å². The zero-order valence-corrected chi connectivity index (χ0v) is 12.6. The van der Waals surface area contributed by atoms with Crippen LogP contribution in [0.25, 0.3) is 0 Å². The number of esters is 1. The zero-order valence-electron chi connectivity index (χ0n) is 12.6. The summed E-state index contributed by atoms with van der Waals surface area (Å²) < 4.78 is 23.8. The summed E-state index contributed by atoms with van der Waals surface area (Å²) >= 11 is 0. The molecule has 4 atom stereocenters. The Labute approximate surface area is 132 Å². The van der Waals surface area contributed by atoms with E-state index in [2.05, 4.69) is 0 Å². The fourth-order valence-corrected chi connectivity index (χ4v) is 3.93. The van der Waals surface area contributed by atoms with Crippen LogP contribution in [0.1, 0.15) is 5.56 Å². The van der Waals surface area contributed by atoms with E-state index in [1.54, 1.807) is 17.0 Å². The first-order chi connectivity index (χ1) is 11.0. The summed E-state index contributed by atoms with van der Waals surface area (Å²) in [7, 11) is 1.32. The number of amides is 1. The molecule has 3 aliphatic rings. The van der Waals surface area contributed by atoms with Crippen LogP contribution in [0.2, 0.25) is 0 Å². The third-order valence-electron chi connectivity index (χ3n) is 4.94. The number of likely N-dealkylation sites (tertiary alicyclic amines) is 1. The molecule has 0 radical (unpaired) electrons. The minimum Gasteiger partial charge on any atom is -0.469 e. The second kappa shape index (κ2) is 4.89. The number of hydrogen-bond donors (Lipinski definition) is 0. The maximum Gasteiger partial charge on any atom is 0.312 e. The van der Waals surface area contributed by atoms with Gasteiger partial charge >= 0.3 is 5.97 Å². The molecule has 0 saturated carbocycles. The van der Waals surface area contributed by atoms with Gasteiger partial charge in [0.05, 0.1) is 25.7 Å². The van der Waals surface area contributed by atoms with Crippen molar-refractivity contribution in [1.29, 1.82) is 0 Å². The third kappa shape index (κ3) is 2.01. The van der Waals surface area contributed by atoms with E-state index >= 15 is 0 Å². The summed E-state index contributed by atoms with van der Waals surface area (Å²) in [5, 5.41) is 0. The molecule has 5 nitrogen and oxygen atoms in total. The van der Waals surface area contributed by atoms with Crippen molar-refractivity contribution in [1.82, 2.24) is 4.90 Å². The molecule has 1 amide bonds. The van der Waals surface area contributed by atoms with Crippen molar-refractivity contribution in [3.63, 3.8) is 0 Å². The molecule has 0 unspecified atom stereocenters. The first-order valence-electron chi connectivity index (χ1n) is 7.52. The number of benzene rings is 1. The van der Waals surface area contributed by atoms with E-state index in [0.717, 1.165) is 5.56 Å². The highest BCUT2D eigenvalue weighted by Crippen LogP contribution is 2.52. The molecule has 3 aliphatic heterocycles. The zero-order chi connectivity index (χ0) is 16.2. The number of halogens is 1. The van der Waals surface area contributed by atoms with Gasteiger partial charge in [-0.15, -0.1) is 0 Å². The van der Waals surface area contributed by atoms with Crippen molar-refractivity contribution < 1.29 is 23.5 Å². The Morgan fingerprint density at radius 3 is 2.87 bits per heavy atom. The van der Waals surface area contributed by atoms with Gasteiger partial charge in [0, 0.05) is 6.54 Å². The number of ether oxygens (including phenoxy) is 2. The monoisotopic (exact) mass is 317 g/mol. The van der Waals surface area contributed by atoms with Crippen LogP contribution in [0, 0.1) is 17.7 Å². The van der Waals surface area contributed by atoms with E-state index in [-0.39, 0.29) is 17.8 Å². The summed E-state index contributed by atoms with van der Waals surface area (Å²) in [6, 6.07) is 6.04. The van der Waals surface area contributed by atoms with Crippen LogP contribution in [0.15, 0.2) is 36.4 Å². The molecule has 120 valence electrons. The van der Waals surface area contributed by atoms with E-state index in [1.165, 1.54) is 19.2 Å². The summed E-state index contributed by atoms with van der Waals surface area (Å²) in [5.41, 5.74) is 0.102. The lowest BCUT2D eigenvalue weighted by Crippen LogP contribution is -2.39. The lowest BCUT2D eigenvalue weighted by atomic mass is 9.77. The largest absolute Gasteiger partial charge is 0.469 e. The van der Waals surface area contributed by atoms with Gasteiger partial charge in [0.25, 0.3) is 0 Å². The Hall–Kier alpha value is -2.21. The lowest BCUT2D eigenvalue weighted by Gasteiger charge is -2.22. The summed E-state index contributed by atoms with van der Waals surface area (Å²) in [6.07, 6.45) is 3.35. The highest BCUT2D eigenvalue weighted by molar-refractivity contribution is 5.91. The smallest absolute Gasteiger partial charge is 0.312 e. The molecule has 1 spiro atoms. The molecule has 1 aromatic carbocycles. The van der Waals surface area contributed by atoms with Crippen molar-refractivity contribution in [2.75, 3.05) is 13.7 Å². The van der Waals surface area contributed by atoms with Crippen molar-refractivity contribution in [3.05, 3.63) is 47.8 Å². The van der Waals surface area contributed by atoms with Gasteiger partial charge in [-0.05, 0) is 17.7 Å². The minimum absolute atomic E-state index is 0.114. The third-order valence-corrected chi connectivity index (χ3v) is 4.94. The quantitative estimate of drug-likeness (QED) is 0.622. The van der Waals surface area contributed by atoms with Crippen molar-refractivity contribution in [3.8, 4) is 0 Å². The normalized spacial score (nSPS) is 34.1. The van der Waals surface area contributed by atoms with Crippen LogP contribution in [0.4, 0.5) is 4.39 Å². The Balaban J connectivity index is 1.60. The Bertz CT molecular complexity index is 701. The van der Waals surface area contributed by atoms with Crippen molar-refractivity contribution in [2.24, 2.45) is 11.8 Å². The topological polar surface area (TPSA) is 55.8 Å². The van der Waals surface area contributed by atoms with Crippen LogP contribution >= 0.6 is 0 Å². The Morgan fingerprint density at radius 1 is 1.43 bits per heavy atom. The maximum absolute atomic E-state index is 13.0. The second-order valence-corrected chi connectivity index (χ2v) is 6.24. The Kier molecular flexibility index (Phi) is 3.06. The molecule has 0 N–H and O–H groups in total. The van der Waals surface area contributed by atoms with E-state index in [0.29, 0.717) is 13.1 Å². The minimum atomic E-state index is -0.735. The van der Waals surface area contributed by atoms with Gasteiger partial charge in [-0.2, -0.15) is 0 Å². The van der Waals surface area contributed by atoms with Gasteiger partial charge in [0.2, 0.25) is 5.91 Å². The molecule has 23 heavy (non-hydrogen) atoms. The van der Waals surface area contributed by atoms with Crippen LogP contribution < -0.4 is 0 Å². The first-order valence-corrected chi connectivity index (χ1v) is 7.52. The molecule has 0 aromatic heterocycles. The first kappa shape index (κ1) is 14.4. The van der Waals surface area contributed by atoms with Gasteiger partial charge in [-0.1, -0.05) is 24.3 Å². The Morgan fingerprint density at radius 2 is 2.17 bits per heavy atom. The van der Waals surface area contributed by atoms with Crippen molar-refractivity contribution in [2.45, 2.75) is 18.2 Å². The van der Waals surface area contributed by atoms with Gasteiger partial charge in [0.1, 0.15) is 17.3 Å². The number of methoxy groups -OCH3 is 1. The molecule has 3 heterocycles. The average molecular weight is 317 g/mol. The predicted molar refractivity (Wildman–Crippen MR) is 77.6 cm³/mol. The van der Waals surface area contributed by atoms with Crippen LogP contribution in [0.5, 0.6) is 0 Å². The lowest BCUT2D eigenvalue weighted by molar-refractivity contribution is -0.151. The molecular formula is C17H16FNO4. The molecule has 2 bridgehead atoms. The van der Waals surface area contributed by atoms with Crippen LogP contribution in [-0.4, -0.2) is 42.1 Å². The van der Waals surface area contributed by atoms with Gasteiger partial charge in [-0.25, -0.2) is 4.39 Å². The molecule has 1 aromatic rings. The maximum atomic E-state index is 13.0. The van der Waals surface area contributed by atoms with E-state index < -0.39 is 23.4 Å². The standard InChI is InChI=1S/C17H16FNO4/c1-22-16(21)13-12-6-7-17(23-12)9-19(15(20)14(13)17)8-10-2-4-11(18)5-3-10/h2-7,12-14H,8-9H2,1H3/t12-,13-,14-,17+/m1/s1. The van der Waals surface area contributed by atoms with Crippen molar-refractivity contribution >= 4 is 11.9 Å². The second-order valence-electron chi connectivity index (χ2n) is 6.24. The van der Waals surface area contributed by atoms with Crippen LogP contribution in [-0.2, 0) is 25.6 Å². The van der Waals surface area contributed by atoms with E-state index in [9.17, 15) is 14.0 Å². The molecule has 4 rings (SSSR count). The van der Waals surface area contributed by atoms with Crippen LogP contribution in [0.3, 0.4) is 0 Å². The fraction of sp³-hybridized carbons (Fsp3) is 0.412. The molecule has 6 heteroatoms. The molecule has 2 saturated heterocycles. The molecular weight excluding hydrogens is 301 g/mol. The number of rotatable bonds is 3. The van der Waals surface area contributed by atoms with Gasteiger partial charge in [-0.3, -0.25) is 9.59 Å². The van der Waals surface area contributed by atoms with E-state index in [4.69, 9.17) is 9.47 Å². The summed E-state index contributed by atoms with van der Waals surface area (Å²) in [5.74, 6) is -1.96. The number of carbonyl (C=O) groups excluding carboxylic acids is 2. The fourth-order valence-electron chi connectivity index (χ4n) is 3.93. The van der Waals surface area contributed by atoms with E-state index in [1.807, 2.05) is 12.2 Å². The molecule has 0 aliphatic carbocycles. The molecule has 2 fully saturated rings. The average Bonchev–Trinajstić information content (AvgIpc) is 3.18. The highest BCUT2D eigenvalue weighted by Gasteiger charge is 2.67. The number of fused-ring (bicyclic) bond motifs is 1. The summed E-state index contributed by atoms with van der Waals surface area (Å²) in [4.78, 5) is 26.5. The van der Waals surface area contributed by atoms with Gasteiger partial charge < -0.3 is 14.4 Å². The SMILES string of the molecule is COC(=O)[C@@H]1[C@H]2C=C[C@@]3(CN(Cc4ccc(F)cc4)C(=O)[C@@H]13)O2. The summed E-state index contributed by atoms with van der Waals surface area (Å²) in [6.45, 7) is 0.765.